The Hall–Kier alpha value is -2.58. The largest absolute Gasteiger partial charge is 0.379 e. The van der Waals surface area contributed by atoms with Crippen molar-refractivity contribution in [1.29, 1.82) is 0 Å². The van der Waals surface area contributed by atoms with Crippen LogP contribution in [0.2, 0.25) is 0 Å². The fourth-order valence-electron chi connectivity index (χ4n) is 2.81. The zero-order valence-electron chi connectivity index (χ0n) is 15.2. The van der Waals surface area contributed by atoms with Crippen molar-refractivity contribution in [2.45, 2.75) is 19.9 Å². The molecule has 0 saturated carbocycles. The second-order valence-corrected chi connectivity index (χ2v) is 6.10. The molecule has 2 aromatic rings. The average molecular weight is 360 g/mol. The molecule has 2 aromatic heterocycles. The van der Waals surface area contributed by atoms with Crippen LogP contribution < -0.4 is 10.6 Å². The monoisotopic (exact) mass is 360 g/mol. The van der Waals surface area contributed by atoms with Gasteiger partial charge in [0, 0.05) is 35.7 Å². The Kier molecular flexibility index (Phi) is 6.08. The maximum Gasteiger partial charge on any atom is 0.271 e. The first kappa shape index (κ1) is 18.2. The van der Waals surface area contributed by atoms with Gasteiger partial charge in [0.1, 0.15) is 5.82 Å². The lowest BCUT2D eigenvalue weighted by molar-refractivity contribution is 0.0341. The third kappa shape index (κ3) is 4.53. The van der Waals surface area contributed by atoms with Crippen molar-refractivity contribution in [2.24, 2.45) is 0 Å². The number of aryl methyl sites for hydroxylation is 1. The molecule has 1 aliphatic heterocycles. The average Bonchev–Trinajstić information content (AvgIpc) is 2.69. The smallest absolute Gasteiger partial charge is 0.271 e. The van der Waals surface area contributed by atoms with Crippen molar-refractivity contribution in [3.05, 3.63) is 41.2 Å². The lowest BCUT2D eigenvalue weighted by Gasteiger charge is -2.26. The Balaban J connectivity index is 0.00000196. The molecule has 0 radical (unpaired) electrons. The molecular formula is C18H28N6O2. The number of anilines is 2. The summed E-state index contributed by atoms with van der Waals surface area (Å²) in [6, 6.07) is 5.81. The maximum absolute atomic E-state index is 11.8. The molecule has 3 heterocycles. The zero-order chi connectivity index (χ0) is 18.4. The Morgan fingerprint density at radius 3 is 2.73 bits per heavy atom. The fraction of sp³-hybridized carbons (Fsp3) is 0.444. The first-order valence-electron chi connectivity index (χ1n) is 8.80. The summed E-state index contributed by atoms with van der Waals surface area (Å²) >= 11 is 0. The molecule has 1 saturated heterocycles. The van der Waals surface area contributed by atoms with E-state index in [4.69, 9.17) is 4.74 Å². The van der Waals surface area contributed by atoms with Gasteiger partial charge in [0.25, 0.3) is 5.91 Å². The van der Waals surface area contributed by atoms with Crippen LogP contribution >= 0.6 is 0 Å². The summed E-state index contributed by atoms with van der Waals surface area (Å²) in [5.74, 6) is 1.04. The van der Waals surface area contributed by atoms with Crippen LogP contribution in [0.4, 0.5) is 11.6 Å². The molecule has 8 heteroatoms. The van der Waals surface area contributed by atoms with E-state index in [1.807, 2.05) is 25.3 Å². The van der Waals surface area contributed by atoms with E-state index in [9.17, 15) is 4.79 Å². The van der Waals surface area contributed by atoms with Crippen molar-refractivity contribution in [1.82, 2.24) is 25.4 Å². The van der Waals surface area contributed by atoms with E-state index in [-0.39, 0.29) is 8.76 Å². The van der Waals surface area contributed by atoms with E-state index < -0.39 is 0 Å². The maximum atomic E-state index is 11.8. The number of rotatable bonds is 6. The van der Waals surface area contributed by atoms with Crippen LogP contribution in [0, 0.1) is 0 Å². The topological polar surface area (TPSA) is 92.3 Å². The Labute approximate surface area is 155 Å². The minimum absolute atomic E-state index is 0. The number of hydrogen-bond acceptors (Lipinski definition) is 7. The van der Waals surface area contributed by atoms with Gasteiger partial charge in [-0.3, -0.25) is 9.69 Å². The highest BCUT2D eigenvalue weighted by Gasteiger charge is 2.13. The number of morpholine rings is 1. The third-order valence-electron chi connectivity index (χ3n) is 4.29. The fourth-order valence-corrected chi connectivity index (χ4v) is 2.81. The molecule has 2 N–H and O–H groups in total. The van der Waals surface area contributed by atoms with E-state index in [1.54, 1.807) is 7.05 Å². The van der Waals surface area contributed by atoms with Crippen molar-refractivity contribution >= 4 is 17.5 Å². The van der Waals surface area contributed by atoms with E-state index >= 15 is 0 Å². The molecule has 1 fully saturated rings. The van der Waals surface area contributed by atoms with Gasteiger partial charge in [0.2, 0.25) is 0 Å². The number of ether oxygens (including phenoxy) is 1. The van der Waals surface area contributed by atoms with E-state index in [1.165, 1.54) is 0 Å². The number of nitrogens with zero attached hydrogens (tertiary/aromatic N) is 4. The van der Waals surface area contributed by atoms with Gasteiger partial charge in [-0.25, -0.2) is 4.98 Å². The third-order valence-corrected chi connectivity index (χ3v) is 4.29. The number of carbonyl (C=O) groups excluding carboxylic acids is 1. The van der Waals surface area contributed by atoms with Gasteiger partial charge in [-0.05, 0) is 29.7 Å². The minimum Gasteiger partial charge on any atom is -0.379 e. The highest BCUT2D eigenvalue weighted by atomic mass is 16.5. The van der Waals surface area contributed by atoms with Crippen LogP contribution in [0.1, 0.15) is 31.4 Å². The standard InChI is InChI=1S/C18H24N6O2.2H2/c1-3-14-10-16(22-23-17(14)18(25)19-2)21-15-5-4-13(11-20-15)12-24-6-8-26-9-7-24;;/h4-5,10-11H,3,6-9,12H2,1-2H3,(H,19,25)(H,20,21,22);2*1H. The number of pyridine rings is 1. The number of nitrogens with one attached hydrogen (secondary N) is 2. The first-order chi connectivity index (χ1) is 12.7. The lowest BCUT2D eigenvalue weighted by atomic mass is 10.1. The number of amides is 1. The van der Waals surface area contributed by atoms with Gasteiger partial charge in [-0.2, -0.15) is 0 Å². The van der Waals surface area contributed by atoms with Gasteiger partial charge >= 0.3 is 0 Å². The van der Waals surface area contributed by atoms with Crippen molar-refractivity contribution < 1.29 is 12.4 Å². The van der Waals surface area contributed by atoms with Crippen LogP contribution in [-0.4, -0.2) is 59.3 Å². The molecule has 0 aliphatic carbocycles. The molecule has 0 bridgehead atoms. The SMILES string of the molecule is CCc1cc(Nc2ccc(CN3CCOCC3)cn2)nnc1C(=O)NC.[HH].[HH]. The summed E-state index contributed by atoms with van der Waals surface area (Å²) < 4.78 is 5.37. The Morgan fingerprint density at radius 1 is 1.27 bits per heavy atom. The first-order valence-corrected chi connectivity index (χ1v) is 8.80. The van der Waals surface area contributed by atoms with Crippen LogP contribution in [0.15, 0.2) is 24.4 Å². The second-order valence-electron chi connectivity index (χ2n) is 6.10. The molecule has 1 amide bonds. The zero-order valence-corrected chi connectivity index (χ0v) is 15.2. The van der Waals surface area contributed by atoms with E-state index in [0.29, 0.717) is 23.8 Å². The molecule has 0 atom stereocenters. The van der Waals surface area contributed by atoms with Gasteiger partial charge in [-0.15, -0.1) is 10.2 Å². The molecule has 8 nitrogen and oxygen atoms in total. The van der Waals surface area contributed by atoms with E-state index in [0.717, 1.165) is 44.0 Å². The van der Waals surface area contributed by atoms with Crippen molar-refractivity contribution in [3.63, 3.8) is 0 Å². The van der Waals surface area contributed by atoms with Gasteiger partial charge in [0.15, 0.2) is 11.5 Å². The molecule has 1 aliphatic rings. The summed E-state index contributed by atoms with van der Waals surface area (Å²) in [5.41, 5.74) is 2.35. The molecule has 0 unspecified atom stereocenters. The summed E-state index contributed by atoms with van der Waals surface area (Å²) in [6.07, 6.45) is 2.56. The summed E-state index contributed by atoms with van der Waals surface area (Å²) in [7, 11) is 1.58. The molecule has 26 heavy (non-hydrogen) atoms. The van der Waals surface area contributed by atoms with Crippen molar-refractivity contribution in [3.8, 4) is 0 Å². The van der Waals surface area contributed by atoms with E-state index in [2.05, 4.69) is 36.8 Å². The normalized spacial score (nSPS) is 14.8. The van der Waals surface area contributed by atoms with Crippen LogP contribution in [0.25, 0.3) is 0 Å². The number of carbonyl (C=O) groups is 1. The second kappa shape index (κ2) is 8.68. The van der Waals surface area contributed by atoms with Crippen LogP contribution in [0.5, 0.6) is 0 Å². The van der Waals surface area contributed by atoms with Crippen molar-refractivity contribution in [2.75, 3.05) is 38.7 Å². The minimum atomic E-state index is -0.230. The Bertz CT molecular complexity index is 754. The molecule has 142 valence electrons. The van der Waals surface area contributed by atoms with Crippen LogP contribution in [0.3, 0.4) is 0 Å². The lowest BCUT2D eigenvalue weighted by Crippen LogP contribution is -2.35. The highest BCUT2D eigenvalue weighted by molar-refractivity contribution is 5.93. The predicted octanol–water partition coefficient (Wildman–Crippen LogP) is 1.86. The number of aromatic nitrogens is 3. The van der Waals surface area contributed by atoms with Crippen LogP contribution in [-0.2, 0) is 17.7 Å². The van der Waals surface area contributed by atoms with Gasteiger partial charge in [-0.1, -0.05) is 13.0 Å². The van der Waals surface area contributed by atoms with Gasteiger partial charge < -0.3 is 15.4 Å². The summed E-state index contributed by atoms with van der Waals surface area (Å²) in [6.45, 7) is 6.33. The molecule has 0 spiro atoms. The highest BCUT2D eigenvalue weighted by Crippen LogP contribution is 2.16. The number of hydrogen-bond donors (Lipinski definition) is 2. The quantitative estimate of drug-likeness (QED) is 0.812. The predicted molar refractivity (Wildman–Crippen MR) is 103 cm³/mol. The summed E-state index contributed by atoms with van der Waals surface area (Å²) in [4.78, 5) is 18.6. The molecular weight excluding hydrogens is 332 g/mol. The summed E-state index contributed by atoms with van der Waals surface area (Å²) in [5, 5.41) is 13.8. The molecule has 3 rings (SSSR count). The Morgan fingerprint density at radius 2 is 2.08 bits per heavy atom. The molecule has 0 aromatic carbocycles. The van der Waals surface area contributed by atoms with Gasteiger partial charge in [0.05, 0.1) is 13.2 Å².